The summed E-state index contributed by atoms with van der Waals surface area (Å²) in [5.41, 5.74) is 8.94. The van der Waals surface area contributed by atoms with Crippen LogP contribution < -0.4 is 37.1 Å². The lowest BCUT2D eigenvalue weighted by Crippen LogP contribution is -2.43. The van der Waals surface area contributed by atoms with Crippen molar-refractivity contribution in [3.63, 3.8) is 0 Å². The topological polar surface area (TPSA) is 189 Å². The number of rotatable bonds is 14. The number of imidazole rings is 1. The highest BCUT2D eigenvalue weighted by Gasteiger charge is 2.19. The maximum atomic E-state index is 14.6. The van der Waals surface area contributed by atoms with Crippen LogP contribution in [-0.2, 0) is 16.0 Å². The predicted octanol–water partition coefficient (Wildman–Crippen LogP) is 2.99. The minimum atomic E-state index is -1.06. The van der Waals surface area contributed by atoms with Gasteiger partial charge in [0.05, 0.1) is 31.6 Å². The number of aryl methyl sites for hydroxylation is 1. The number of nitrogens with two attached hydrogens (primary N) is 1. The number of aromatic nitrogens is 3. The molecule has 0 aliphatic carbocycles. The van der Waals surface area contributed by atoms with Crippen LogP contribution >= 0.6 is 0 Å². The number of fused-ring (bicyclic) bond motifs is 1. The van der Waals surface area contributed by atoms with E-state index in [4.69, 9.17) is 15.3 Å². The van der Waals surface area contributed by atoms with E-state index in [0.29, 0.717) is 42.1 Å². The van der Waals surface area contributed by atoms with Gasteiger partial charge in [0, 0.05) is 55.4 Å². The fraction of sp³-hybridized carbons (Fsp3) is 0.371. The van der Waals surface area contributed by atoms with Crippen LogP contribution in [0.3, 0.4) is 0 Å². The first-order valence-electron chi connectivity index (χ1n) is 16.5. The molecule has 7 N–H and O–H groups in total. The van der Waals surface area contributed by atoms with Gasteiger partial charge in [0.2, 0.25) is 11.7 Å². The third kappa shape index (κ3) is 11.3. The Morgan fingerprint density at radius 2 is 1.92 bits per heavy atom. The summed E-state index contributed by atoms with van der Waals surface area (Å²) >= 11 is 0. The standard InChI is InChI=1S/C22H18F2N4O2.C11H24N6O.C2H4O/c1-3-13-10-15(5-4-14(13)12-29)27-21-22-26-11-17(28(22)9-8-25-21)16-6-7-18(30-2)20(24)19(16)23;1-13-5-6-14-10(18)9(12)3-2-4-15-11-16-7-8-17-11;1-2-3/h4-12H,3H2,1-2H3,(H,25,27);9,13H,2-8,12H2,1H3,(H,14,18)(H2,15,16,17);2H,1H3/t;9-;/m.0./s1. The Bertz CT molecular complexity index is 1780. The number of halogens is 2. The first-order valence-corrected chi connectivity index (χ1v) is 16.5. The van der Waals surface area contributed by atoms with Gasteiger partial charge in [-0.3, -0.25) is 19.0 Å². The molecule has 274 valence electrons. The summed E-state index contributed by atoms with van der Waals surface area (Å²) in [4.78, 5) is 44.4. The number of hydrogen-bond donors (Lipinski definition) is 6. The number of ether oxygens (including phenoxy) is 1. The van der Waals surface area contributed by atoms with Gasteiger partial charge >= 0.3 is 0 Å². The fourth-order valence-electron chi connectivity index (χ4n) is 4.95. The van der Waals surface area contributed by atoms with E-state index in [9.17, 15) is 18.4 Å². The smallest absolute Gasteiger partial charge is 0.236 e. The summed E-state index contributed by atoms with van der Waals surface area (Å²) in [5.74, 6) is -1.03. The average Bonchev–Trinajstić information content (AvgIpc) is 3.83. The van der Waals surface area contributed by atoms with Gasteiger partial charge in [-0.1, -0.05) is 6.92 Å². The Kier molecular flexibility index (Phi) is 16.4. The molecule has 3 heterocycles. The summed E-state index contributed by atoms with van der Waals surface area (Å²) in [6, 6.07) is 7.77. The monoisotopic (exact) mass is 708 g/mol. The molecule has 1 atom stereocenters. The normalized spacial score (nSPS) is 12.3. The molecule has 4 aromatic rings. The molecule has 0 saturated carbocycles. The van der Waals surface area contributed by atoms with E-state index < -0.39 is 17.7 Å². The van der Waals surface area contributed by atoms with Crippen molar-refractivity contribution < 1.29 is 27.9 Å². The number of carbonyl (C=O) groups is 3. The number of likely N-dealkylation sites (N-methyl/N-ethyl adjacent to an activating group) is 1. The van der Waals surface area contributed by atoms with Crippen LogP contribution in [0.5, 0.6) is 5.75 Å². The van der Waals surface area contributed by atoms with E-state index in [1.807, 2.05) is 20.0 Å². The molecule has 2 aromatic carbocycles. The molecule has 0 saturated heterocycles. The fourth-order valence-corrected chi connectivity index (χ4v) is 4.95. The van der Waals surface area contributed by atoms with Crippen molar-refractivity contribution in [2.24, 2.45) is 10.7 Å². The molecule has 1 aliphatic heterocycles. The number of benzene rings is 2. The molecule has 5 rings (SSSR count). The molecule has 16 heteroatoms. The first kappa shape index (κ1) is 40.0. The van der Waals surface area contributed by atoms with Gasteiger partial charge in [-0.2, -0.15) is 4.39 Å². The van der Waals surface area contributed by atoms with E-state index in [0.717, 1.165) is 62.4 Å². The summed E-state index contributed by atoms with van der Waals surface area (Å²) < 4.78 is 35.2. The van der Waals surface area contributed by atoms with Gasteiger partial charge in [0.25, 0.3) is 0 Å². The van der Waals surface area contributed by atoms with Crippen LogP contribution in [0.2, 0.25) is 0 Å². The Hall–Kier alpha value is -5.48. The number of aliphatic imine (C=N–C) groups is 1. The number of amides is 1. The molecular formula is C35H46F2N10O4. The lowest BCUT2D eigenvalue weighted by Gasteiger charge is -2.12. The second-order valence-corrected chi connectivity index (χ2v) is 11.0. The molecule has 1 amide bonds. The molecule has 0 bridgehead atoms. The van der Waals surface area contributed by atoms with Crippen LogP contribution in [-0.4, -0.2) is 91.7 Å². The van der Waals surface area contributed by atoms with E-state index in [1.54, 1.807) is 28.9 Å². The molecule has 1 aliphatic rings. The maximum Gasteiger partial charge on any atom is 0.236 e. The molecule has 0 spiro atoms. The first-order chi connectivity index (χ1) is 24.7. The maximum absolute atomic E-state index is 14.6. The van der Waals surface area contributed by atoms with Crippen LogP contribution in [0, 0.1) is 11.6 Å². The van der Waals surface area contributed by atoms with Gasteiger partial charge in [-0.25, -0.2) is 14.4 Å². The number of hydrogen-bond acceptors (Lipinski definition) is 12. The van der Waals surface area contributed by atoms with E-state index in [-0.39, 0.29) is 17.2 Å². The highest BCUT2D eigenvalue weighted by Crippen LogP contribution is 2.31. The summed E-state index contributed by atoms with van der Waals surface area (Å²) in [7, 11) is 3.12. The number of anilines is 2. The Balaban J connectivity index is 0.000000286. The molecular weight excluding hydrogens is 662 g/mol. The molecule has 0 fully saturated rings. The van der Waals surface area contributed by atoms with Crippen molar-refractivity contribution in [3.8, 4) is 17.0 Å². The van der Waals surface area contributed by atoms with Crippen molar-refractivity contribution in [1.29, 1.82) is 0 Å². The number of methoxy groups -OCH3 is 1. The van der Waals surface area contributed by atoms with Crippen LogP contribution in [0.4, 0.5) is 20.3 Å². The third-order valence-corrected chi connectivity index (χ3v) is 7.55. The number of carbonyl (C=O) groups excluding carboxylic acids is 3. The highest BCUT2D eigenvalue weighted by atomic mass is 19.2. The lowest BCUT2D eigenvalue weighted by molar-refractivity contribution is -0.122. The van der Waals surface area contributed by atoms with Crippen molar-refractivity contribution in [2.45, 2.75) is 39.2 Å². The van der Waals surface area contributed by atoms with Crippen molar-refractivity contribution in [2.75, 3.05) is 52.2 Å². The van der Waals surface area contributed by atoms with Crippen LogP contribution in [0.25, 0.3) is 16.9 Å². The molecule has 51 heavy (non-hydrogen) atoms. The van der Waals surface area contributed by atoms with Crippen LogP contribution in [0.15, 0.2) is 53.9 Å². The molecule has 2 aromatic heterocycles. The molecule has 14 nitrogen and oxygen atoms in total. The van der Waals surface area contributed by atoms with E-state index >= 15 is 0 Å². The number of nitrogens with zero attached hydrogens (tertiary/aromatic N) is 4. The SMILES string of the molecule is CC=O.CCc1cc(Nc2nccn3c(-c4ccc(OC)c(F)c4F)cnc23)ccc1C=O.CNCCNC(=O)[C@@H](N)CCCNC1=NCCN1. The Morgan fingerprint density at radius 3 is 2.59 bits per heavy atom. The van der Waals surface area contributed by atoms with Gasteiger partial charge in [-0.15, -0.1) is 0 Å². The number of guanidine groups is 1. The largest absolute Gasteiger partial charge is 0.494 e. The highest BCUT2D eigenvalue weighted by molar-refractivity contribution is 5.82. The second-order valence-electron chi connectivity index (χ2n) is 11.0. The van der Waals surface area contributed by atoms with Gasteiger partial charge in [0.15, 0.2) is 29.0 Å². The van der Waals surface area contributed by atoms with Crippen LogP contribution in [0.1, 0.15) is 42.6 Å². The Labute approximate surface area is 295 Å². The quantitative estimate of drug-likeness (QED) is 0.0835. The zero-order valence-corrected chi connectivity index (χ0v) is 29.3. The van der Waals surface area contributed by atoms with Gasteiger partial charge in [-0.05, 0) is 69.1 Å². The van der Waals surface area contributed by atoms with Crippen molar-refractivity contribution in [1.82, 2.24) is 35.6 Å². The second kappa shape index (κ2) is 20.9. The van der Waals surface area contributed by atoms with Gasteiger partial charge in [0.1, 0.15) is 12.6 Å². The third-order valence-electron chi connectivity index (χ3n) is 7.55. The summed E-state index contributed by atoms with van der Waals surface area (Å²) in [5, 5.41) is 15.2. The Morgan fingerprint density at radius 1 is 1.14 bits per heavy atom. The summed E-state index contributed by atoms with van der Waals surface area (Å²) in [6.07, 6.45) is 8.42. The average molecular weight is 709 g/mol. The minimum Gasteiger partial charge on any atom is -0.494 e. The molecule has 0 unspecified atom stereocenters. The predicted molar refractivity (Wildman–Crippen MR) is 194 cm³/mol. The van der Waals surface area contributed by atoms with E-state index in [1.165, 1.54) is 32.4 Å². The lowest BCUT2D eigenvalue weighted by atomic mass is 10.1. The van der Waals surface area contributed by atoms with E-state index in [2.05, 4.69) is 41.5 Å². The van der Waals surface area contributed by atoms with Crippen molar-refractivity contribution >= 4 is 41.6 Å². The number of nitrogens with one attached hydrogen (secondary N) is 5. The summed E-state index contributed by atoms with van der Waals surface area (Å²) in [6.45, 7) is 7.29. The number of aldehydes is 2. The zero-order chi connectivity index (χ0) is 37.2. The van der Waals surface area contributed by atoms with Gasteiger partial charge < -0.3 is 41.8 Å². The zero-order valence-electron chi connectivity index (χ0n) is 29.3. The minimum absolute atomic E-state index is 0.0570. The van der Waals surface area contributed by atoms with Crippen molar-refractivity contribution in [3.05, 3.63) is 71.7 Å². The molecule has 0 radical (unpaired) electrons.